The summed E-state index contributed by atoms with van der Waals surface area (Å²) in [6.07, 6.45) is 7.37. The molecule has 5 rings (SSSR count). The molecule has 11 heteroatoms. The standard InChI is InChI=1S/C42H60N4O6Si/c1-31(52-53(40(5,6)7,32-19-12-10-13-20-32)33-21-14-11-15-22-33)18-16-17-27-50-42(9)23-25-45(26-24-42)37-34(36(38(48)49)51-39(2,3)4)29-43-35-28-41(8,30-47)44-46(35)37/h10-15,19-22,28-31,36,44H,16-18,23-27H2,1-9H3,(H,48,49). The van der Waals surface area contributed by atoms with Crippen LogP contribution in [0.5, 0.6) is 0 Å². The molecule has 0 spiro atoms. The fourth-order valence-electron chi connectivity index (χ4n) is 7.65. The maximum atomic E-state index is 12.6. The van der Waals surface area contributed by atoms with Gasteiger partial charge in [-0.1, -0.05) is 81.4 Å². The van der Waals surface area contributed by atoms with Crippen LogP contribution in [0, 0.1) is 0 Å². The van der Waals surface area contributed by atoms with Crippen molar-refractivity contribution in [2.45, 2.75) is 128 Å². The Morgan fingerprint density at radius 3 is 2.08 bits per heavy atom. The number of piperidine rings is 1. The lowest BCUT2D eigenvalue weighted by Crippen LogP contribution is -2.67. The largest absolute Gasteiger partial charge is 0.479 e. The minimum Gasteiger partial charge on any atom is -0.479 e. The van der Waals surface area contributed by atoms with Gasteiger partial charge in [-0.2, -0.15) is 0 Å². The van der Waals surface area contributed by atoms with Crippen LogP contribution in [-0.2, 0) is 23.5 Å². The van der Waals surface area contributed by atoms with Crippen molar-refractivity contribution in [1.82, 2.24) is 15.3 Å². The van der Waals surface area contributed by atoms with Gasteiger partial charge < -0.3 is 28.7 Å². The summed E-state index contributed by atoms with van der Waals surface area (Å²) in [6.45, 7) is 20.5. The van der Waals surface area contributed by atoms with Gasteiger partial charge in [0.25, 0.3) is 8.32 Å². The first kappa shape index (κ1) is 40.6. The van der Waals surface area contributed by atoms with Crippen molar-refractivity contribution in [3.63, 3.8) is 0 Å². The number of carboxylic acids is 1. The lowest BCUT2D eigenvalue weighted by Gasteiger charge is -2.45. The zero-order valence-corrected chi connectivity index (χ0v) is 34.1. The number of unbranched alkanes of at least 4 members (excludes halogenated alkanes) is 1. The van der Waals surface area contributed by atoms with Gasteiger partial charge in [-0.25, -0.2) is 20.2 Å². The number of aliphatic carboxylic acids is 1. The summed E-state index contributed by atoms with van der Waals surface area (Å²) in [5, 5.41) is 14.5. The average molecular weight is 745 g/mol. The van der Waals surface area contributed by atoms with E-state index in [0.29, 0.717) is 36.9 Å². The first-order valence-electron chi connectivity index (χ1n) is 19.0. The number of ether oxygens (including phenoxy) is 2. The Labute approximate surface area is 317 Å². The highest BCUT2D eigenvalue weighted by molar-refractivity contribution is 6.99. The number of rotatable bonds is 15. The van der Waals surface area contributed by atoms with Crippen LogP contribution in [0.2, 0.25) is 5.04 Å². The van der Waals surface area contributed by atoms with Crippen molar-refractivity contribution in [1.29, 1.82) is 0 Å². The van der Waals surface area contributed by atoms with E-state index in [1.54, 1.807) is 24.2 Å². The molecular formula is C42H60N4O6Si. The molecule has 2 aromatic rings. The molecule has 1 fully saturated rings. The number of hydrazine groups is 1. The Morgan fingerprint density at radius 1 is 0.981 bits per heavy atom. The first-order chi connectivity index (χ1) is 24.9. The summed E-state index contributed by atoms with van der Waals surface area (Å²) in [5.41, 5.74) is 1.69. The molecule has 10 nitrogen and oxygen atoms in total. The molecule has 0 aromatic heterocycles. The van der Waals surface area contributed by atoms with Crippen LogP contribution in [-0.4, -0.2) is 90.4 Å². The Bertz CT molecular complexity index is 1630. The number of carbonyl (C=O) groups is 2. The molecule has 3 unspecified atom stereocenters. The highest BCUT2D eigenvalue weighted by Crippen LogP contribution is 2.39. The second-order valence-electron chi connectivity index (χ2n) is 17.2. The van der Waals surface area contributed by atoms with E-state index in [9.17, 15) is 14.7 Å². The fourth-order valence-corrected chi connectivity index (χ4v) is 12.4. The molecule has 2 aromatic carbocycles. The molecule has 3 atom stereocenters. The molecular weight excluding hydrogens is 685 g/mol. The van der Waals surface area contributed by atoms with Gasteiger partial charge in [-0.15, -0.1) is 0 Å². The van der Waals surface area contributed by atoms with Crippen LogP contribution < -0.4 is 15.8 Å². The number of benzene rings is 2. The van der Waals surface area contributed by atoms with Gasteiger partial charge in [0, 0.05) is 32.0 Å². The predicted molar refractivity (Wildman–Crippen MR) is 212 cm³/mol. The van der Waals surface area contributed by atoms with E-state index in [1.807, 2.05) is 20.8 Å². The van der Waals surface area contributed by atoms with Crippen molar-refractivity contribution in [2.75, 3.05) is 19.7 Å². The summed E-state index contributed by atoms with van der Waals surface area (Å²) >= 11 is 0. The summed E-state index contributed by atoms with van der Waals surface area (Å²) in [5.74, 6) is 0.0986. The summed E-state index contributed by atoms with van der Waals surface area (Å²) in [6, 6.07) is 21.6. The maximum absolute atomic E-state index is 12.6. The molecule has 0 bridgehead atoms. The summed E-state index contributed by atoms with van der Waals surface area (Å²) in [7, 11) is -2.61. The molecule has 3 aliphatic heterocycles. The minimum atomic E-state index is -2.61. The SMILES string of the molecule is CC(CCCCOC1(C)CCN(C2=C(C(OC(C)(C)C)C(=O)O)C=NC3=CC(C)(C=O)NN32)CC1)O[Si](c1ccccc1)(c1ccccc1)C(C)(C)C. The van der Waals surface area contributed by atoms with Crippen molar-refractivity contribution in [3.05, 3.63) is 84.0 Å². The second kappa shape index (κ2) is 16.0. The van der Waals surface area contributed by atoms with Gasteiger partial charge >= 0.3 is 5.97 Å². The first-order valence-corrected chi connectivity index (χ1v) is 20.9. The Morgan fingerprint density at radius 2 is 1.57 bits per heavy atom. The molecule has 1 saturated heterocycles. The van der Waals surface area contributed by atoms with E-state index in [0.717, 1.165) is 38.4 Å². The zero-order valence-electron chi connectivity index (χ0n) is 33.1. The molecule has 3 heterocycles. The van der Waals surface area contributed by atoms with Crippen LogP contribution in [0.3, 0.4) is 0 Å². The normalized spacial score (nSPS) is 21.6. The third-order valence-corrected chi connectivity index (χ3v) is 15.6. The van der Waals surface area contributed by atoms with Gasteiger partial charge in [0.05, 0.1) is 16.8 Å². The van der Waals surface area contributed by atoms with Crippen LogP contribution in [0.4, 0.5) is 0 Å². The quantitative estimate of drug-likeness (QED) is 0.126. The van der Waals surface area contributed by atoms with Gasteiger partial charge in [-0.3, -0.25) is 0 Å². The number of nitrogens with one attached hydrogen (secondary N) is 1. The van der Waals surface area contributed by atoms with Gasteiger partial charge in [0.15, 0.2) is 6.10 Å². The number of aliphatic imine (C=N–C) groups is 1. The van der Waals surface area contributed by atoms with E-state index in [2.05, 4.69) is 111 Å². The topological polar surface area (TPSA) is 113 Å². The van der Waals surface area contributed by atoms with E-state index in [-0.39, 0.29) is 16.7 Å². The Hall–Kier alpha value is -3.61. The average Bonchev–Trinajstić information content (AvgIpc) is 3.46. The van der Waals surface area contributed by atoms with E-state index >= 15 is 0 Å². The van der Waals surface area contributed by atoms with Crippen LogP contribution in [0.15, 0.2) is 88.9 Å². The van der Waals surface area contributed by atoms with Crippen molar-refractivity contribution in [2.24, 2.45) is 4.99 Å². The lowest BCUT2D eigenvalue weighted by molar-refractivity contribution is -0.155. The number of likely N-dealkylation sites (tertiary alicyclic amines) is 1. The van der Waals surface area contributed by atoms with Crippen LogP contribution in [0.25, 0.3) is 0 Å². The minimum absolute atomic E-state index is 0.0667. The highest BCUT2D eigenvalue weighted by atomic mass is 28.4. The van der Waals surface area contributed by atoms with Crippen LogP contribution >= 0.6 is 0 Å². The van der Waals surface area contributed by atoms with Crippen molar-refractivity contribution in [3.8, 4) is 0 Å². The monoisotopic (exact) mass is 744 g/mol. The molecule has 3 aliphatic rings. The number of hydrogen-bond acceptors (Lipinski definition) is 9. The third kappa shape index (κ3) is 9.20. The molecule has 288 valence electrons. The Kier molecular flexibility index (Phi) is 12.3. The molecule has 53 heavy (non-hydrogen) atoms. The van der Waals surface area contributed by atoms with E-state index in [4.69, 9.17) is 13.9 Å². The van der Waals surface area contributed by atoms with E-state index < -0.39 is 31.5 Å². The van der Waals surface area contributed by atoms with Crippen molar-refractivity contribution >= 4 is 37.2 Å². The number of nitrogens with zero attached hydrogens (tertiary/aromatic N) is 3. The van der Waals surface area contributed by atoms with E-state index in [1.165, 1.54) is 10.4 Å². The molecule has 0 amide bonds. The predicted octanol–water partition coefficient (Wildman–Crippen LogP) is 6.18. The molecule has 0 saturated carbocycles. The smallest absolute Gasteiger partial charge is 0.337 e. The maximum Gasteiger partial charge on any atom is 0.337 e. The lowest BCUT2D eigenvalue weighted by atomic mass is 9.92. The number of carbonyl (C=O) groups excluding carboxylic acids is 1. The van der Waals surface area contributed by atoms with Crippen LogP contribution in [0.1, 0.15) is 94.4 Å². The Balaban J connectivity index is 1.21. The third-order valence-electron chi connectivity index (χ3n) is 10.4. The van der Waals surface area contributed by atoms with Gasteiger partial charge in [-0.05, 0) is 95.1 Å². The molecule has 2 N–H and O–H groups in total. The number of aldehydes is 1. The van der Waals surface area contributed by atoms with Gasteiger partial charge in [0.2, 0.25) is 0 Å². The fraction of sp³-hybridized carbons (Fsp3) is 0.548. The number of carboxylic acid groups (broad SMARTS) is 1. The second-order valence-corrected chi connectivity index (χ2v) is 21.5. The number of fused-ring (bicyclic) bond motifs is 1. The van der Waals surface area contributed by atoms with Crippen molar-refractivity contribution < 1.29 is 28.6 Å². The van der Waals surface area contributed by atoms with Gasteiger partial charge in [0.1, 0.15) is 23.5 Å². The highest BCUT2D eigenvalue weighted by Gasteiger charge is 2.51. The molecule has 0 radical (unpaired) electrons. The zero-order chi connectivity index (χ0) is 38.7. The summed E-state index contributed by atoms with van der Waals surface area (Å²) < 4.78 is 19.9. The molecule has 0 aliphatic carbocycles. The number of hydrogen-bond donors (Lipinski definition) is 2. The summed E-state index contributed by atoms with van der Waals surface area (Å²) in [4.78, 5) is 31.3.